The van der Waals surface area contributed by atoms with Crippen LogP contribution < -0.4 is 16.0 Å². The van der Waals surface area contributed by atoms with Crippen molar-refractivity contribution in [2.75, 3.05) is 5.43 Å². The number of nitrogens with two attached hydrogens (primary N) is 1. The first-order valence-electron chi connectivity index (χ1n) is 5.59. The quantitative estimate of drug-likeness (QED) is 0.499. The molecule has 0 atom stereocenters. The number of anilines is 1. The minimum atomic E-state index is -0.521. The molecule has 0 fully saturated rings. The first-order valence-corrected chi connectivity index (χ1v) is 5.97. The highest BCUT2D eigenvalue weighted by atomic mass is 35.5. The molecule has 0 amide bonds. The van der Waals surface area contributed by atoms with Gasteiger partial charge >= 0.3 is 0 Å². The number of nitrogens with one attached hydrogen (secondary N) is 1. The summed E-state index contributed by atoms with van der Waals surface area (Å²) in [6.45, 7) is 0.185. The number of nitro groups is 1. The third-order valence-corrected chi connectivity index (χ3v) is 2.83. The number of nitrogens with zero attached hydrogens (tertiary/aromatic N) is 2. The summed E-state index contributed by atoms with van der Waals surface area (Å²) in [5.74, 6) is 6.18. The number of pyridine rings is 1. The molecule has 1 aromatic heterocycles. The van der Waals surface area contributed by atoms with E-state index in [0.29, 0.717) is 11.6 Å². The molecular formula is C12H11ClN4O3. The highest BCUT2D eigenvalue weighted by Gasteiger charge is 2.11. The number of nitrogen functional groups attached to an aromatic ring is 1. The van der Waals surface area contributed by atoms with Crippen LogP contribution in [-0.4, -0.2) is 9.91 Å². The molecule has 0 spiro atoms. The maximum atomic E-state index is 10.6. The largest absolute Gasteiger partial charge is 0.487 e. The highest BCUT2D eigenvalue weighted by Crippen LogP contribution is 2.29. The second-order valence-electron chi connectivity index (χ2n) is 3.82. The number of nitro benzene ring substituents is 1. The fourth-order valence-electron chi connectivity index (χ4n) is 1.56. The summed E-state index contributed by atoms with van der Waals surface area (Å²) in [7, 11) is 0. The van der Waals surface area contributed by atoms with Gasteiger partial charge < -0.3 is 10.2 Å². The Labute approximate surface area is 119 Å². The molecule has 3 N–H and O–H groups in total. The van der Waals surface area contributed by atoms with Crippen LogP contribution in [0.25, 0.3) is 0 Å². The molecule has 1 heterocycles. The lowest BCUT2D eigenvalue weighted by Crippen LogP contribution is -2.12. The smallest absolute Gasteiger partial charge is 0.271 e. The molecule has 0 aliphatic heterocycles. The van der Waals surface area contributed by atoms with Crippen molar-refractivity contribution in [2.45, 2.75) is 6.61 Å². The molecule has 20 heavy (non-hydrogen) atoms. The van der Waals surface area contributed by atoms with Crippen LogP contribution in [0.4, 0.5) is 11.5 Å². The molecule has 0 bridgehead atoms. The van der Waals surface area contributed by atoms with E-state index in [9.17, 15) is 10.1 Å². The van der Waals surface area contributed by atoms with E-state index in [4.69, 9.17) is 22.2 Å². The third kappa shape index (κ3) is 3.14. The van der Waals surface area contributed by atoms with Gasteiger partial charge in [-0.25, -0.2) is 10.8 Å². The predicted octanol–water partition coefficient (Wildman–Crippen LogP) is 2.51. The van der Waals surface area contributed by atoms with Crippen LogP contribution in [0.1, 0.15) is 5.56 Å². The highest BCUT2D eigenvalue weighted by molar-refractivity contribution is 6.32. The SMILES string of the molecule is NNc1ncccc1COc1ccc([N+](=O)[O-])cc1Cl. The number of ether oxygens (including phenoxy) is 1. The van der Waals surface area contributed by atoms with Crippen LogP contribution in [0, 0.1) is 10.1 Å². The molecule has 7 nitrogen and oxygen atoms in total. The molecule has 104 valence electrons. The van der Waals surface area contributed by atoms with E-state index in [1.807, 2.05) is 0 Å². The summed E-state index contributed by atoms with van der Waals surface area (Å²) >= 11 is 5.93. The second-order valence-corrected chi connectivity index (χ2v) is 4.22. The second kappa shape index (κ2) is 6.18. The monoisotopic (exact) mass is 294 g/mol. The lowest BCUT2D eigenvalue weighted by atomic mass is 10.2. The van der Waals surface area contributed by atoms with Crippen molar-refractivity contribution in [3.8, 4) is 5.75 Å². The molecule has 0 radical (unpaired) electrons. The molecule has 0 saturated carbocycles. The van der Waals surface area contributed by atoms with E-state index in [1.165, 1.54) is 18.2 Å². The molecule has 0 aliphatic carbocycles. The molecule has 2 rings (SSSR count). The molecule has 1 aromatic carbocycles. The van der Waals surface area contributed by atoms with Crippen LogP contribution in [0.2, 0.25) is 5.02 Å². The van der Waals surface area contributed by atoms with Crippen LogP contribution in [0.15, 0.2) is 36.5 Å². The Morgan fingerprint density at radius 1 is 1.45 bits per heavy atom. The molecular weight excluding hydrogens is 284 g/mol. The number of aromatic nitrogens is 1. The Morgan fingerprint density at radius 2 is 2.25 bits per heavy atom. The normalized spacial score (nSPS) is 10.1. The van der Waals surface area contributed by atoms with E-state index in [-0.39, 0.29) is 17.3 Å². The van der Waals surface area contributed by atoms with Crippen molar-refractivity contribution in [2.24, 2.45) is 5.84 Å². The van der Waals surface area contributed by atoms with Gasteiger partial charge in [-0.15, -0.1) is 0 Å². The van der Waals surface area contributed by atoms with Gasteiger partial charge in [0.2, 0.25) is 0 Å². The van der Waals surface area contributed by atoms with Gasteiger partial charge in [0.05, 0.1) is 9.95 Å². The van der Waals surface area contributed by atoms with Crippen molar-refractivity contribution in [1.82, 2.24) is 4.98 Å². The van der Waals surface area contributed by atoms with Gasteiger partial charge in [0.15, 0.2) is 0 Å². The lowest BCUT2D eigenvalue weighted by Gasteiger charge is -2.10. The Kier molecular flexibility index (Phi) is 4.34. The van der Waals surface area contributed by atoms with Crippen molar-refractivity contribution in [1.29, 1.82) is 0 Å². The number of non-ortho nitro benzene ring substituents is 1. The van der Waals surface area contributed by atoms with E-state index >= 15 is 0 Å². The summed E-state index contributed by atoms with van der Waals surface area (Å²) in [6, 6.07) is 7.56. The number of halogens is 1. The third-order valence-electron chi connectivity index (χ3n) is 2.54. The lowest BCUT2D eigenvalue weighted by molar-refractivity contribution is -0.384. The summed E-state index contributed by atoms with van der Waals surface area (Å²) in [5, 5.41) is 10.8. The van der Waals surface area contributed by atoms with Crippen molar-refractivity contribution in [3.63, 3.8) is 0 Å². The summed E-state index contributed by atoms with van der Waals surface area (Å²) in [4.78, 5) is 14.1. The zero-order valence-electron chi connectivity index (χ0n) is 10.2. The number of rotatable bonds is 5. The molecule has 0 unspecified atom stereocenters. The first-order chi connectivity index (χ1) is 9.61. The Morgan fingerprint density at radius 3 is 2.90 bits per heavy atom. The van der Waals surface area contributed by atoms with Crippen molar-refractivity contribution < 1.29 is 9.66 Å². The van der Waals surface area contributed by atoms with Gasteiger partial charge in [0.1, 0.15) is 18.2 Å². The Balaban J connectivity index is 2.13. The predicted molar refractivity (Wildman–Crippen MR) is 74.5 cm³/mol. The van der Waals surface area contributed by atoms with Gasteiger partial charge in [0, 0.05) is 23.9 Å². The topological polar surface area (TPSA) is 103 Å². The number of hydrazine groups is 1. The van der Waals surface area contributed by atoms with E-state index in [0.717, 1.165) is 5.56 Å². The van der Waals surface area contributed by atoms with Crippen molar-refractivity contribution >= 4 is 23.1 Å². The first kappa shape index (κ1) is 14.0. The van der Waals surface area contributed by atoms with Crippen LogP contribution >= 0.6 is 11.6 Å². The maximum Gasteiger partial charge on any atom is 0.271 e. The van der Waals surface area contributed by atoms with E-state index in [2.05, 4.69) is 10.4 Å². The average Bonchev–Trinajstić information content (AvgIpc) is 2.46. The number of benzene rings is 1. The number of hydrogen-bond donors (Lipinski definition) is 2. The minimum Gasteiger partial charge on any atom is -0.487 e. The summed E-state index contributed by atoms with van der Waals surface area (Å²) in [5.41, 5.74) is 3.11. The summed E-state index contributed by atoms with van der Waals surface area (Å²) in [6.07, 6.45) is 1.59. The maximum absolute atomic E-state index is 10.6. The number of hydrogen-bond acceptors (Lipinski definition) is 6. The van der Waals surface area contributed by atoms with Gasteiger partial charge in [-0.2, -0.15) is 0 Å². The van der Waals surface area contributed by atoms with Gasteiger partial charge in [-0.1, -0.05) is 17.7 Å². The fraction of sp³-hybridized carbons (Fsp3) is 0.0833. The zero-order chi connectivity index (χ0) is 14.5. The van der Waals surface area contributed by atoms with Crippen molar-refractivity contribution in [3.05, 3.63) is 57.2 Å². The van der Waals surface area contributed by atoms with Gasteiger partial charge in [0.25, 0.3) is 5.69 Å². The molecule has 8 heteroatoms. The fourth-order valence-corrected chi connectivity index (χ4v) is 1.79. The van der Waals surface area contributed by atoms with Crippen LogP contribution in [0.3, 0.4) is 0 Å². The molecule has 0 aliphatic rings. The van der Waals surface area contributed by atoms with Crippen LogP contribution in [-0.2, 0) is 6.61 Å². The Hall–Kier alpha value is -2.38. The zero-order valence-corrected chi connectivity index (χ0v) is 11.0. The average molecular weight is 295 g/mol. The van der Waals surface area contributed by atoms with Gasteiger partial charge in [-0.3, -0.25) is 10.1 Å². The summed E-state index contributed by atoms with van der Waals surface area (Å²) < 4.78 is 5.51. The minimum absolute atomic E-state index is 0.0898. The van der Waals surface area contributed by atoms with E-state index in [1.54, 1.807) is 18.3 Å². The molecule has 0 saturated heterocycles. The van der Waals surface area contributed by atoms with Gasteiger partial charge in [-0.05, 0) is 12.1 Å². The van der Waals surface area contributed by atoms with E-state index < -0.39 is 4.92 Å². The van der Waals surface area contributed by atoms with Crippen LogP contribution in [0.5, 0.6) is 5.75 Å². The Bertz CT molecular complexity index is 636. The standard InChI is InChI=1S/C12H11ClN4O3/c13-10-6-9(17(18)19)3-4-11(10)20-7-8-2-1-5-15-12(8)16-14/h1-6H,7,14H2,(H,15,16). The molecule has 2 aromatic rings.